The lowest BCUT2D eigenvalue weighted by Gasteiger charge is -2.14. The molecule has 18 heavy (non-hydrogen) atoms. The topological polar surface area (TPSA) is 40.9 Å². The highest BCUT2D eigenvalue weighted by atomic mass is 16.1. The van der Waals surface area contributed by atoms with Gasteiger partial charge in [0.2, 0.25) is 0 Å². The minimum absolute atomic E-state index is 0.0316. The summed E-state index contributed by atoms with van der Waals surface area (Å²) in [7, 11) is 0. The second kappa shape index (κ2) is 6.96. The third-order valence-electron chi connectivity index (χ3n) is 3.30. The summed E-state index contributed by atoms with van der Waals surface area (Å²) in [5.74, 6) is -0.594. The third kappa shape index (κ3) is 3.70. The highest BCUT2D eigenvalue weighted by Gasteiger charge is 2.24. The van der Waals surface area contributed by atoms with E-state index in [1.54, 1.807) is 0 Å². The van der Waals surface area contributed by atoms with Crippen molar-refractivity contribution in [1.82, 2.24) is 0 Å². The number of aryl methyl sites for hydroxylation is 1. The number of nitriles is 1. The molecule has 0 heterocycles. The molecule has 0 N–H and O–H groups in total. The molecule has 0 aromatic heterocycles. The molecule has 1 rings (SSSR count). The van der Waals surface area contributed by atoms with Crippen molar-refractivity contribution in [3.05, 3.63) is 35.4 Å². The summed E-state index contributed by atoms with van der Waals surface area (Å²) < 4.78 is 0. The van der Waals surface area contributed by atoms with Crippen molar-refractivity contribution in [3.63, 3.8) is 0 Å². The Kier molecular flexibility index (Phi) is 5.58. The average molecular weight is 243 g/mol. The number of carbonyl (C=O) groups excluding carboxylic acids is 1. The van der Waals surface area contributed by atoms with Gasteiger partial charge in [-0.1, -0.05) is 56.5 Å². The summed E-state index contributed by atoms with van der Waals surface area (Å²) in [4.78, 5) is 12.2. The molecule has 0 saturated carbocycles. The zero-order valence-corrected chi connectivity index (χ0v) is 11.4. The van der Waals surface area contributed by atoms with Crippen molar-refractivity contribution in [2.75, 3.05) is 0 Å². The fraction of sp³-hybridized carbons (Fsp3) is 0.500. The third-order valence-corrected chi connectivity index (χ3v) is 3.30. The summed E-state index contributed by atoms with van der Waals surface area (Å²) in [5.41, 5.74) is 1.96. The number of rotatable bonds is 6. The van der Waals surface area contributed by atoms with Crippen molar-refractivity contribution >= 4 is 5.78 Å². The van der Waals surface area contributed by atoms with E-state index in [1.807, 2.05) is 38.1 Å². The number of benzene rings is 1. The van der Waals surface area contributed by atoms with Crippen molar-refractivity contribution in [3.8, 4) is 6.07 Å². The van der Waals surface area contributed by atoms with Crippen molar-refractivity contribution in [2.45, 2.75) is 46.0 Å². The van der Waals surface area contributed by atoms with Gasteiger partial charge in [-0.15, -0.1) is 0 Å². The number of ketones is 1. The van der Waals surface area contributed by atoms with Crippen LogP contribution in [0.4, 0.5) is 0 Å². The van der Waals surface area contributed by atoms with Gasteiger partial charge in [-0.3, -0.25) is 4.79 Å². The molecule has 2 atom stereocenters. The number of carbonyl (C=O) groups is 1. The maximum absolute atomic E-state index is 12.2. The summed E-state index contributed by atoms with van der Waals surface area (Å²) in [6.07, 6.45) is 3.00. The van der Waals surface area contributed by atoms with Gasteiger partial charge < -0.3 is 0 Å². The lowest BCUT2D eigenvalue weighted by atomic mass is 9.86. The average Bonchev–Trinajstić information content (AvgIpc) is 2.38. The van der Waals surface area contributed by atoms with Crippen LogP contribution < -0.4 is 0 Å². The molecule has 2 heteroatoms. The minimum atomic E-state index is -0.613. The Morgan fingerprint density at radius 1 is 1.33 bits per heavy atom. The van der Waals surface area contributed by atoms with Crippen LogP contribution in [0, 0.1) is 24.2 Å². The van der Waals surface area contributed by atoms with E-state index in [-0.39, 0.29) is 11.7 Å². The van der Waals surface area contributed by atoms with Crippen LogP contribution in [0.3, 0.4) is 0 Å². The van der Waals surface area contributed by atoms with E-state index in [9.17, 15) is 10.1 Å². The Labute approximate surface area is 110 Å². The van der Waals surface area contributed by atoms with Gasteiger partial charge in [0.25, 0.3) is 0 Å². The highest BCUT2D eigenvalue weighted by Crippen LogP contribution is 2.23. The van der Waals surface area contributed by atoms with Crippen LogP contribution in [0.15, 0.2) is 24.3 Å². The predicted octanol–water partition coefficient (Wildman–Crippen LogP) is 4.00. The standard InChI is InChI=1S/C16H21NO/c1-4-5-6-13(3)16(18)15(11-17)14-9-7-12(2)8-10-14/h7-10,13,15H,4-6H2,1-3H3. The van der Waals surface area contributed by atoms with E-state index in [0.29, 0.717) is 0 Å². The van der Waals surface area contributed by atoms with Crippen LogP contribution >= 0.6 is 0 Å². The SMILES string of the molecule is CCCCC(C)C(=O)C(C#N)c1ccc(C)cc1. The summed E-state index contributed by atoms with van der Waals surface area (Å²) in [6.45, 7) is 6.03. The zero-order chi connectivity index (χ0) is 13.5. The summed E-state index contributed by atoms with van der Waals surface area (Å²) in [6, 6.07) is 9.81. The number of hydrogen-bond acceptors (Lipinski definition) is 2. The first-order chi connectivity index (χ1) is 8.60. The molecule has 96 valence electrons. The number of nitrogens with zero attached hydrogens (tertiary/aromatic N) is 1. The molecule has 0 saturated heterocycles. The second-order valence-electron chi connectivity index (χ2n) is 4.92. The Hall–Kier alpha value is -1.62. The van der Waals surface area contributed by atoms with Gasteiger partial charge in [0.15, 0.2) is 5.78 Å². The molecule has 0 bridgehead atoms. The molecule has 0 aliphatic carbocycles. The van der Waals surface area contributed by atoms with Crippen LogP contribution in [0.1, 0.15) is 50.2 Å². The van der Waals surface area contributed by atoms with Gasteiger partial charge in [-0.25, -0.2) is 0 Å². The Morgan fingerprint density at radius 3 is 2.44 bits per heavy atom. The molecule has 1 aromatic carbocycles. The van der Waals surface area contributed by atoms with Crippen LogP contribution in [-0.2, 0) is 4.79 Å². The first kappa shape index (κ1) is 14.4. The van der Waals surface area contributed by atoms with E-state index >= 15 is 0 Å². The molecule has 2 nitrogen and oxygen atoms in total. The van der Waals surface area contributed by atoms with Crippen LogP contribution in [-0.4, -0.2) is 5.78 Å². The lowest BCUT2D eigenvalue weighted by molar-refractivity contribution is -0.122. The zero-order valence-electron chi connectivity index (χ0n) is 11.4. The van der Waals surface area contributed by atoms with Gasteiger partial charge in [0.05, 0.1) is 6.07 Å². The Balaban J connectivity index is 2.80. The van der Waals surface area contributed by atoms with Crippen molar-refractivity contribution in [1.29, 1.82) is 5.26 Å². The van der Waals surface area contributed by atoms with E-state index in [2.05, 4.69) is 13.0 Å². The smallest absolute Gasteiger partial charge is 0.157 e. The Morgan fingerprint density at radius 2 is 1.94 bits per heavy atom. The molecule has 2 unspecified atom stereocenters. The first-order valence-electron chi connectivity index (χ1n) is 6.60. The molecule has 0 spiro atoms. The molecule has 0 aliphatic rings. The quantitative estimate of drug-likeness (QED) is 0.757. The highest BCUT2D eigenvalue weighted by molar-refractivity contribution is 5.90. The molecular weight excluding hydrogens is 222 g/mol. The molecule has 1 aromatic rings. The maximum Gasteiger partial charge on any atom is 0.157 e. The predicted molar refractivity (Wildman–Crippen MR) is 73.2 cm³/mol. The molecule has 0 fully saturated rings. The maximum atomic E-state index is 12.2. The van der Waals surface area contributed by atoms with Gasteiger partial charge >= 0.3 is 0 Å². The van der Waals surface area contributed by atoms with E-state index in [0.717, 1.165) is 30.4 Å². The van der Waals surface area contributed by atoms with E-state index in [4.69, 9.17) is 0 Å². The van der Waals surface area contributed by atoms with Crippen LogP contribution in [0.5, 0.6) is 0 Å². The van der Waals surface area contributed by atoms with Gasteiger partial charge in [0, 0.05) is 5.92 Å². The van der Waals surface area contributed by atoms with Crippen LogP contribution in [0.25, 0.3) is 0 Å². The van der Waals surface area contributed by atoms with E-state index in [1.165, 1.54) is 0 Å². The van der Waals surface area contributed by atoms with Crippen LogP contribution in [0.2, 0.25) is 0 Å². The number of Topliss-reactive ketones (excluding diaryl/α,β-unsaturated/α-hetero) is 1. The second-order valence-corrected chi connectivity index (χ2v) is 4.92. The minimum Gasteiger partial charge on any atom is -0.298 e. The fourth-order valence-electron chi connectivity index (χ4n) is 2.00. The van der Waals surface area contributed by atoms with Gasteiger partial charge in [0.1, 0.15) is 5.92 Å². The number of unbranched alkanes of at least 4 members (excludes halogenated alkanes) is 1. The van der Waals surface area contributed by atoms with Gasteiger partial charge in [-0.05, 0) is 18.9 Å². The van der Waals surface area contributed by atoms with Crippen molar-refractivity contribution < 1.29 is 4.79 Å². The Bertz CT molecular complexity index is 427. The monoisotopic (exact) mass is 243 g/mol. The van der Waals surface area contributed by atoms with Crippen molar-refractivity contribution in [2.24, 2.45) is 5.92 Å². The number of hydrogen-bond donors (Lipinski definition) is 0. The largest absolute Gasteiger partial charge is 0.298 e. The molecular formula is C16H21NO. The summed E-state index contributed by atoms with van der Waals surface area (Å²) in [5, 5.41) is 9.22. The van der Waals surface area contributed by atoms with Gasteiger partial charge in [-0.2, -0.15) is 5.26 Å². The lowest BCUT2D eigenvalue weighted by Crippen LogP contribution is -2.19. The molecule has 0 aliphatic heterocycles. The fourth-order valence-corrected chi connectivity index (χ4v) is 2.00. The normalized spacial score (nSPS) is 13.7. The molecule has 0 radical (unpaired) electrons. The molecule has 0 amide bonds. The van der Waals surface area contributed by atoms with E-state index < -0.39 is 5.92 Å². The first-order valence-corrected chi connectivity index (χ1v) is 6.60. The summed E-state index contributed by atoms with van der Waals surface area (Å²) >= 11 is 0.